The van der Waals surface area contributed by atoms with Crippen LogP contribution in [0.5, 0.6) is 0 Å². The third-order valence-corrected chi connectivity index (χ3v) is 4.64. The second-order valence-corrected chi connectivity index (χ2v) is 6.96. The van der Waals surface area contributed by atoms with E-state index in [0.717, 1.165) is 10.9 Å². The predicted molar refractivity (Wildman–Crippen MR) is 88.0 cm³/mol. The molecule has 0 aliphatic carbocycles. The lowest BCUT2D eigenvalue weighted by Crippen LogP contribution is -2.16. The Kier molecular flexibility index (Phi) is 5.19. The summed E-state index contributed by atoms with van der Waals surface area (Å²) in [5, 5.41) is 3.03. The van der Waals surface area contributed by atoms with Crippen LogP contribution in [-0.2, 0) is 10.0 Å². The van der Waals surface area contributed by atoms with Crippen LogP contribution < -0.4 is 10.0 Å². The number of aromatic nitrogens is 1. The van der Waals surface area contributed by atoms with Gasteiger partial charge in [0, 0.05) is 22.9 Å². The van der Waals surface area contributed by atoms with E-state index < -0.39 is 10.0 Å². The van der Waals surface area contributed by atoms with Crippen molar-refractivity contribution in [2.75, 3.05) is 16.6 Å². The normalized spacial score (nSPS) is 11.1. The zero-order valence-electron chi connectivity index (χ0n) is 11.5. The molecule has 0 fully saturated rings. The van der Waals surface area contributed by atoms with Gasteiger partial charge in [-0.25, -0.2) is 13.4 Å². The van der Waals surface area contributed by atoms with E-state index in [-0.39, 0.29) is 4.90 Å². The summed E-state index contributed by atoms with van der Waals surface area (Å²) in [6.07, 6.45) is 2.45. The highest BCUT2D eigenvalue weighted by Crippen LogP contribution is 2.22. The van der Waals surface area contributed by atoms with E-state index in [1.807, 2.05) is 6.92 Å². The molecule has 112 valence electrons. The molecule has 5 nitrogen and oxygen atoms in total. The molecule has 0 aliphatic rings. The van der Waals surface area contributed by atoms with E-state index in [1.165, 1.54) is 6.07 Å². The standard InChI is InChI=1S/C14H16BrN3O2S/c1-2-9-16-14-13(4-3-10-17-14)21(19,20)18-12-7-5-11(15)6-8-12/h3-8,10,18H,2,9H2,1H3,(H,16,17). The fraction of sp³-hybridized carbons (Fsp3) is 0.214. The molecule has 0 unspecified atom stereocenters. The number of nitrogens with one attached hydrogen (secondary N) is 2. The van der Waals surface area contributed by atoms with Crippen LogP contribution in [0.25, 0.3) is 0 Å². The predicted octanol–water partition coefficient (Wildman–Crippen LogP) is 3.47. The molecular weight excluding hydrogens is 354 g/mol. The lowest BCUT2D eigenvalue weighted by Gasteiger charge is -2.12. The fourth-order valence-electron chi connectivity index (χ4n) is 1.71. The number of hydrogen-bond donors (Lipinski definition) is 2. The summed E-state index contributed by atoms with van der Waals surface area (Å²) in [6.45, 7) is 2.67. The first-order valence-electron chi connectivity index (χ1n) is 6.50. The maximum absolute atomic E-state index is 12.5. The van der Waals surface area contributed by atoms with Gasteiger partial charge in [0.05, 0.1) is 0 Å². The van der Waals surface area contributed by atoms with Crippen molar-refractivity contribution in [3.63, 3.8) is 0 Å². The Morgan fingerprint density at radius 2 is 1.90 bits per heavy atom. The summed E-state index contributed by atoms with van der Waals surface area (Å²) in [5.41, 5.74) is 0.503. The number of halogens is 1. The Morgan fingerprint density at radius 1 is 1.19 bits per heavy atom. The minimum atomic E-state index is -3.68. The summed E-state index contributed by atoms with van der Waals surface area (Å²) in [4.78, 5) is 4.24. The monoisotopic (exact) mass is 369 g/mol. The number of benzene rings is 1. The molecule has 0 atom stereocenters. The largest absolute Gasteiger partial charge is 0.369 e. The lowest BCUT2D eigenvalue weighted by atomic mass is 10.3. The first-order chi connectivity index (χ1) is 10.0. The average Bonchev–Trinajstić information content (AvgIpc) is 2.47. The molecule has 21 heavy (non-hydrogen) atoms. The van der Waals surface area contributed by atoms with Crippen LogP contribution in [0.1, 0.15) is 13.3 Å². The van der Waals surface area contributed by atoms with E-state index in [4.69, 9.17) is 0 Å². The van der Waals surface area contributed by atoms with Gasteiger partial charge in [-0.15, -0.1) is 0 Å². The quantitative estimate of drug-likeness (QED) is 0.817. The van der Waals surface area contributed by atoms with E-state index in [1.54, 1.807) is 36.5 Å². The molecule has 0 aliphatic heterocycles. The van der Waals surface area contributed by atoms with Gasteiger partial charge in [-0.1, -0.05) is 22.9 Å². The Balaban J connectivity index is 2.29. The lowest BCUT2D eigenvalue weighted by molar-refractivity contribution is 0.601. The SMILES string of the molecule is CCCNc1ncccc1S(=O)(=O)Nc1ccc(Br)cc1. The maximum atomic E-state index is 12.5. The molecule has 2 aromatic rings. The van der Waals surface area contributed by atoms with Crippen LogP contribution >= 0.6 is 15.9 Å². The highest BCUT2D eigenvalue weighted by molar-refractivity contribution is 9.10. The van der Waals surface area contributed by atoms with Crippen molar-refractivity contribution in [2.24, 2.45) is 0 Å². The van der Waals surface area contributed by atoms with Gasteiger partial charge in [-0.3, -0.25) is 4.72 Å². The molecule has 1 aromatic carbocycles. The number of sulfonamides is 1. The molecular formula is C14H16BrN3O2S. The van der Waals surface area contributed by atoms with Crippen LogP contribution in [-0.4, -0.2) is 19.9 Å². The first kappa shape index (κ1) is 15.8. The Hall–Kier alpha value is -1.60. The first-order valence-corrected chi connectivity index (χ1v) is 8.78. The van der Waals surface area contributed by atoms with E-state index in [9.17, 15) is 8.42 Å². The van der Waals surface area contributed by atoms with Gasteiger partial charge < -0.3 is 5.32 Å². The van der Waals surface area contributed by atoms with Gasteiger partial charge in [0.15, 0.2) is 0 Å². The molecule has 0 radical (unpaired) electrons. The molecule has 7 heteroatoms. The van der Waals surface area contributed by atoms with E-state index in [2.05, 4.69) is 31.0 Å². The molecule has 0 saturated heterocycles. The number of anilines is 2. The van der Waals surface area contributed by atoms with E-state index in [0.29, 0.717) is 18.1 Å². The molecule has 0 bridgehead atoms. The van der Waals surface area contributed by atoms with Gasteiger partial charge in [-0.05, 0) is 42.8 Å². The van der Waals surface area contributed by atoms with Crippen LogP contribution in [0.3, 0.4) is 0 Å². The maximum Gasteiger partial charge on any atom is 0.265 e. The molecule has 1 heterocycles. The number of hydrogen-bond acceptors (Lipinski definition) is 4. The van der Waals surface area contributed by atoms with Gasteiger partial charge in [0.1, 0.15) is 10.7 Å². The van der Waals surface area contributed by atoms with Crippen molar-refractivity contribution >= 4 is 37.5 Å². The van der Waals surface area contributed by atoms with Crippen molar-refractivity contribution in [1.29, 1.82) is 0 Å². The third-order valence-electron chi connectivity index (χ3n) is 2.70. The number of pyridine rings is 1. The molecule has 1 aromatic heterocycles. The topological polar surface area (TPSA) is 71.1 Å². The third kappa shape index (κ3) is 4.18. The Bertz CT molecular complexity index is 702. The summed E-state index contributed by atoms with van der Waals surface area (Å²) < 4.78 is 28.4. The van der Waals surface area contributed by atoms with Crippen LogP contribution in [0.4, 0.5) is 11.5 Å². The van der Waals surface area contributed by atoms with Crippen LogP contribution in [0, 0.1) is 0 Å². The molecule has 0 saturated carbocycles. The van der Waals surface area contributed by atoms with Crippen molar-refractivity contribution < 1.29 is 8.42 Å². The van der Waals surface area contributed by atoms with Crippen LogP contribution in [0.15, 0.2) is 52.0 Å². The molecule has 2 N–H and O–H groups in total. The molecule has 2 rings (SSSR count). The van der Waals surface area contributed by atoms with Crippen molar-refractivity contribution in [3.8, 4) is 0 Å². The number of rotatable bonds is 6. The smallest absolute Gasteiger partial charge is 0.265 e. The average molecular weight is 370 g/mol. The highest BCUT2D eigenvalue weighted by atomic mass is 79.9. The van der Waals surface area contributed by atoms with Gasteiger partial charge in [0.2, 0.25) is 0 Å². The zero-order valence-corrected chi connectivity index (χ0v) is 13.9. The summed E-state index contributed by atoms with van der Waals surface area (Å²) in [5.74, 6) is 0.365. The highest BCUT2D eigenvalue weighted by Gasteiger charge is 2.19. The molecule has 0 amide bonds. The minimum Gasteiger partial charge on any atom is -0.369 e. The molecule has 0 spiro atoms. The van der Waals surface area contributed by atoms with Crippen LogP contribution in [0.2, 0.25) is 0 Å². The second-order valence-electron chi connectivity index (χ2n) is 4.39. The summed E-state index contributed by atoms with van der Waals surface area (Å²) in [6, 6.07) is 10.1. The summed E-state index contributed by atoms with van der Waals surface area (Å²) >= 11 is 3.31. The second kappa shape index (κ2) is 6.91. The Labute approximate surface area is 133 Å². The number of nitrogens with zero attached hydrogens (tertiary/aromatic N) is 1. The van der Waals surface area contributed by atoms with Gasteiger partial charge >= 0.3 is 0 Å². The van der Waals surface area contributed by atoms with Crippen molar-refractivity contribution in [1.82, 2.24) is 4.98 Å². The summed E-state index contributed by atoms with van der Waals surface area (Å²) in [7, 11) is -3.68. The van der Waals surface area contributed by atoms with Gasteiger partial charge in [0.25, 0.3) is 10.0 Å². The van der Waals surface area contributed by atoms with E-state index >= 15 is 0 Å². The van der Waals surface area contributed by atoms with Gasteiger partial charge in [-0.2, -0.15) is 0 Å². The Morgan fingerprint density at radius 3 is 2.57 bits per heavy atom. The zero-order chi connectivity index (χ0) is 15.3. The fourth-order valence-corrected chi connectivity index (χ4v) is 3.17. The minimum absolute atomic E-state index is 0.140. The van der Waals surface area contributed by atoms with Crippen molar-refractivity contribution in [3.05, 3.63) is 47.1 Å². The van der Waals surface area contributed by atoms with Crippen molar-refractivity contribution in [2.45, 2.75) is 18.2 Å².